The van der Waals surface area contributed by atoms with E-state index in [4.69, 9.17) is 0 Å². The summed E-state index contributed by atoms with van der Waals surface area (Å²) in [6.45, 7) is 1.77. The van der Waals surface area contributed by atoms with E-state index in [0.29, 0.717) is 11.6 Å². The number of hydrogen-bond acceptors (Lipinski definition) is 5. The Balaban J connectivity index is 1.90. The molecule has 0 spiro atoms. The van der Waals surface area contributed by atoms with E-state index in [1.54, 1.807) is 6.92 Å². The fraction of sp³-hybridized carbons (Fsp3) is 0.312. The summed E-state index contributed by atoms with van der Waals surface area (Å²) in [6, 6.07) is 9.69. The van der Waals surface area contributed by atoms with Crippen molar-refractivity contribution in [3.63, 3.8) is 0 Å². The van der Waals surface area contributed by atoms with Crippen molar-refractivity contribution >= 4 is 28.3 Å². The zero-order valence-corrected chi connectivity index (χ0v) is 13.1. The van der Waals surface area contributed by atoms with Crippen LogP contribution in [-0.4, -0.2) is 16.9 Å². The van der Waals surface area contributed by atoms with Gasteiger partial charge in [-0.25, -0.2) is 4.98 Å². The molecule has 0 saturated carbocycles. The second-order valence-corrected chi connectivity index (χ2v) is 5.77. The lowest BCUT2D eigenvalue weighted by Crippen LogP contribution is -2.31. The van der Waals surface area contributed by atoms with Gasteiger partial charge in [0.15, 0.2) is 5.13 Å². The van der Waals surface area contributed by atoms with Gasteiger partial charge in [0.2, 0.25) is 5.91 Å². The first-order chi connectivity index (χ1) is 10.6. The number of thiazole rings is 1. The van der Waals surface area contributed by atoms with Crippen LogP contribution >= 0.6 is 11.3 Å². The lowest BCUT2D eigenvalue weighted by molar-refractivity contribution is -0.311. The van der Waals surface area contributed by atoms with Crippen molar-refractivity contribution in [2.24, 2.45) is 5.92 Å². The zero-order valence-electron chi connectivity index (χ0n) is 12.2. The number of aliphatic carboxylic acids is 1. The molecule has 2 aromatic rings. The molecule has 0 unspecified atom stereocenters. The van der Waals surface area contributed by atoms with Crippen molar-refractivity contribution in [1.82, 2.24) is 4.98 Å². The molecule has 6 heteroatoms. The molecule has 2 rings (SSSR count). The minimum Gasteiger partial charge on any atom is -0.550 e. The van der Waals surface area contributed by atoms with E-state index in [0.717, 1.165) is 11.3 Å². The summed E-state index contributed by atoms with van der Waals surface area (Å²) in [5.41, 5.74) is 1.80. The monoisotopic (exact) mass is 317 g/mol. The van der Waals surface area contributed by atoms with Gasteiger partial charge in [-0.15, -0.1) is 11.3 Å². The van der Waals surface area contributed by atoms with Crippen molar-refractivity contribution < 1.29 is 14.7 Å². The van der Waals surface area contributed by atoms with E-state index >= 15 is 0 Å². The highest BCUT2D eigenvalue weighted by Crippen LogP contribution is 2.24. The molecule has 0 aliphatic heterocycles. The number of anilines is 1. The average Bonchev–Trinajstić information content (AvgIpc) is 2.97. The molecule has 1 aromatic heterocycles. The minimum absolute atomic E-state index is 0.146. The molecule has 0 saturated heterocycles. The Morgan fingerprint density at radius 3 is 2.68 bits per heavy atom. The Morgan fingerprint density at radius 2 is 2.05 bits per heavy atom. The molecule has 1 atom stereocenters. The molecule has 0 aliphatic rings. The van der Waals surface area contributed by atoms with Gasteiger partial charge in [0.05, 0.1) is 5.69 Å². The summed E-state index contributed by atoms with van der Waals surface area (Å²) in [7, 11) is 0. The van der Waals surface area contributed by atoms with Crippen molar-refractivity contribution in [3.05, 3.63) is 35.7 Å². The van der Waals surface area contributed by atoms with E-state index in [-0.39, 0.29) is 18.7 Å². The number of carbonyl (C=O) groups excluding carboxylic acids is 2. The number of hydrogen-bond donors (Lipinski definition) is 1. The van der Waals surface area contributed by atoms with E-state index < -0.39 is 11.9 Å². The van der Waals surface area contributed by atoms with E-state index in [2.05, 4.69) is 10.3 Å². The summed E-state index contributed by atoms with van der Waals surface area (Å²) < 4.78 is 0. The number of benzene rings is 1. The largest absolute Gasteiger partial charge is 0.550 e. The van der Waals surface area contributed by atoms with Crippen LogP contribution in [0.2, 0.25) is 0 Å². The summed E-state index contributed by atoms with van der Waals surface area (Å²) in [5, 5.41) is 15.9. The number of carbonyl (C=O) groups is 2. The third-order valence-electron chi connectivity index (χ3n) is 3.37. The minimum atomic E-state index is -1.10. The first kappa shape index (κ1) is 16.2. The Hall–Kier alpha value is -2.21. The maximum Gasteiger partial charge on any atom is 0.226 e. The van der Waals surface area contributed by atoms with Gasteiger partial charge in [-0.05, 0) is 18.8 Å². The van der Waals surface area contributed by atoms with E-state index in [9.17, 15) is 14.7 Å². The summed E-state index contributed by atoms with van der Waals surface area (Å²) >= 11 is 1.35. The maximum atomic E-state index is 11.8. The predicted octanol–water partition coefficient (Wildman–Crippen LogP) is 2.30. The van der Waals surface area contributed by atoms with Gasteiger partial charge in [0.1, 0.15) is 0 Å². The molecule has 22 heavy (non-hydrogen) atoms. The van der Waals surface area contributed by atoms with Crippen molar-refractivity contribution in [2.45, 2.75) is 26.2 Å². The summed E-state index contributed by atoms with van der Waals surface area (Å²) in [4.78, 5) is 27.0. The topological polar surface area (TPSA) is 82.1 Å². The molecule has 5 nitrogen and oxygen atoms in total. The van der Waals surface area contributed by atoms with Gasteiger partial charge >= 0.3 is 0 Å². The first-order valence-corrected chi connectivity index (χ1v) is 7.99. The molecule has 0 bridgehead atoms. The number of aromatic nitrogens is 1. The zero-order chi connectivity index (χ0) is 15.9. The van der Waals surface area contributed by atoms with Gasteiger partial charge in [-0.1, -0.05) is 37.3 Å². The molecule has 1 amide bonds. The van der Waals surface area contributed by atoms with Crippen LogP contribution in [0.15, 0.2) is 35.7 Å². The average molecular weight is 317 g/mol. The van der Waals surface area contributed by atoms with Crippen molar-refractivity contribution in [3.8, 4) is 11.3 Å². The number of rotatable bonds is 7. The molecule has 1 aromatic carbocycles. The lowest BCUT2D eigenvalue weighted by Gasteiger charge is -2.14. The number of nitrogens with zero attached hydrogens (tertiary/aromatic N) is 1. The quantitative estimate of drug-likeness (QED) is 0.849. The van der Waals surface area contributed by atoms with Gasteiger partial charge in [0, 0.05) is 23.3 Å². The number of carboxylic acid groups (broad SMARTS) is 1. The van der Waals surface area contributed by atoms with Crippen LogP contribution in [0.25, 0.3) is 11.3 Å². The molecular formula is C16H17N2O3S-. The van der Waals surface area contributed by atoms with Crippen LogP contribution in [0.5, 0.6) is 0 Å². The molecular weight excluding hydrogens is 300 g/mol. The predicted molar refractivity (Wildman–Crippen MR) is 84.2 cm³/mol. The maximum absolute atomic E-state index is 11.8. The molecule has 0 radical (unpaired) electrons. The van der Waals surface area contributed by atoms with Gasteiger partial charge in [-0.2, -0.15) is 0 Å². The highest BCUT2D eigenvalue weighted by Gasteiger charge is 2.12. The highest BCUT2D eigenvalue weighted by atomic mass is 32.1. The SMILES string of the molecule is CC[C@@H](CCC(=O)Nc1nc(-c2ccccc2)cs1)C(=O)[O-]. The Bertz CT molecular complexity index is 640. The van der Waals surface area contributed by atoms with Gasteiger partial charge in [-0.3, -0.25) is 4.79 Å². The Labute approximate surface area is 133 Å². The fourth-order valence-electron chi connectivity index (χ4n) is 2.05. The smallest absolute Gasteiger partial charge is 0.226 e. The molecule has 0 aliphatic carbocycles. The van der Waals surface area contributed by atoms with E-state index in [1.165, 1.54) is 11.3 Å². The van der Waals surface area contributed by atoms with Gasteiger partial charge in [0.25, 0.3) is 0 Å². The van der Waals surface area contributed by atoms with Gasteiger partial charge < -0.3 is 15.2 Å². The Kier molecular flexibility index (Phi) is 5.66. The first-order valence-electron chi connectivity index (χ1n) is 7.11. The standard InChI is InChI=1S/C16H18N2O3S/c1-2-11(15(20)21)8-9-14(19)18-16-17-13(10-22-16)12-6-4-3-5-7-12/h3-7,10-11H,2,8-9H2,1H3,(H,20,21)(H,17,18,19)/p-1/t11-/m0/s1. The Morgan fingerprint density at radius 1 is 1.32 bits per heavy atom. The molecule has 0 fully saturated rings. The second-order valence-electron chi connectivity index (χ2n) is 4.91. The van der Waals surface area contributed by atoms with Crippen molar-refractivity contribution in [2.75, 3.05) is 5.32 Å². The summed E-state index contributed by atoms with van der Waals surface area (Å²) in [5.74, 6) is -1.91. The van der Waals surface area contributed by atoms with Crippen LogP contribution in [0, 0.1) is 5.92 Å². The fourth-order valence-corrected chi connectivity index (χ4v) is 2.78. The highest BCUT2D eigenvalue weighted by molar-refractivity contribution is 7.14. The van der Waals surface area contributed by atoms with Crippen LogP contribution < -0.4 is 10.4 Å². The number of amides is 1. The van der Waals surface area contributed by atoms with E-state index in [1.807, 2.05) is 35.7 Å². The third-order valence-corrected chi connectivity index (χ3v) is 4.12. The second kappa shape index (κ2) is 7.70. The normalized spacial score (nSPS) is 11.9. The molecule has 1 N–H and O–H groups in total. The van der Waals surface area contributed by atoms with Crippen molar-refractivity contribution in [1.29, 1.82) is 0 Å². The third kappa shape index (κ3) is 4.39. The van der Waals surface area contributed by atoms with Crippen LogP contribution in [0.4, 0.5) is 5.13 Å². The van der Waals surface area contributed by atoms with Crippen LogP contribution in [0.3, 0.4) is 0 Å². The molecule has 116 valence electrons. The molecule has 1 heterocycles. The van der Waals surface area contributed by atoms with Crippen LogP contribution in [-0.2, 0) is 9.59 Å². The van der Waals surface area contributed by atoms with Crippen LogP contribution in [0.1, 0.15) is 26.2 Å². The number of nitrogens with one attached hydrogen (secondary N) is 1. The number of carboxylic acids is 1. The summed E-state index contributed by atoms with van der Waals surface area (Å²) in [6.07, 6.45) is 0.888. The lowest BCUT2D eigenvalue weighted by atomic mass is 10.0.